The molecule has 0 saturated carbocycles. The van der Waals surface area contributed by atoms with E-state index in [0.29, 0.717) is 11.3 Å². The third kappa shape index (κ3) is 5.45. The third-order valence-corrected chi connectivity index (χ3v) is 4.19. The van der Waals surface area contributed by atoms with Crippen molar-refractivity contribution in [3.63, 3.8) is 0 Å². The number of furan rings is 1. The molecule has 1 heterocycles. The Morgan fingerprint density at radius 3 is 2.44 bits per heavy atom. The average molecular weight is 435 g/mol. The first-order valence-electron chi connectivity index (χ1n) is 9.18. The van der Waals surface area contributed by atoms with Gasteiger partial charge in [-0.3, -0.25) is 19.7 Å². The number of non-ortho nitro benzene ring substituents is 1. The summed E-state index contributed by atoms with van der Waals surface area (Å²) in [6, 6.07) is 14.4. The van der Waals surface area contributed by atoms with Crippen LogP contribution in [-0.4, -0.2) is 29.8 Å². The summed E-state index contributed by atoms with van der Waals surface area (Å²) in [6.45, 7) is 0. The van der Waals surface area contributed by atoms with Gasteiger partial charge in [-0.2, -0.15) is 0 Å². The zero-order chi connectivity index (χ0) is 23.1. The highest BCUT2D eigenvalue weighted by Crippen LogP contribution is 2.16. The lowest BCUT2D eigenvalue weighted by Crippen LogP contribution is -2.30. The Kier molecular flexibility index (Phi) is 6.76. The van der Waals surface area contributed by atoms with E-state index in [1.807, 2.05) is 0 Å². The van der Waals surface area contributed by atoms with Gasteiger partial charge in [-0.1, -0.05) is 6.07 Å². The average Bonchev–Trinajstić information content (AvgIpc) is 3.33. The topological polar surface area (TPSA) is 141 Å². The van der Waals surface area contributed by atoms with Crippen LogP contribution in [0.15, 0.2) is 77.0 Å². The molecule has 10 nitrogen and oxygen atoms in total. The number of nitro benzene ring substituents is 1. The minimum absolute atomic E-state index is 0.0138. The Balaban J connectivity index is 1.89. The van der Waals surface area contributed by atoms with Crippen LogP contribution in [-0.2, 0) is 9.53 Å². The molecule has 1 aromatic heterocycles. The van der Waals surface area contributed by atoms with Gasteiger partial charge in [0, 0.05) is 17.8 Å². The number of anilines is 1. The van der Waals surface area contributed by atoms with Gasteiger partial charge in [-0.05, 0) is 54.1 Å². The SMILES string of the molecule is COC(=O)c1cccc(NC(=O)/C(=C/c2ccc([N+](=O)[O-])cc2)NC(=O)c2ccco2)c1. The van der Waals surface area contributed by atoms with Crippen LogP contribution in [0, 0.1) is 10.1 Å². The highest BCUT2D eigenvalue weighted by atomic mass is 16.6. The van der Waals surface area contributed by atoms with Crippen LogP contribution in [0.5, 0.6) is 0 Å². The summed E-state index contributed by atoms with van der Waals surface area (Å²) in [7, 11) is 1.24. The zero-order valence-electron chi connectivity index (χ0n) is 16.7. The van der Waals surface area contributed by atoms with Crippen LogP contribution in [0.4, 0.5) is 11.4 Å². The molecule has 3 aromatic rings. The molecule has 0 radical (unpaired) electrons. The fourth-order valence-electron chi connectivity index (χ4n) is 2.65. The van der Waals surface area contributed by atoms with E-state index < -0.39 is 22.7 Å². The van der Waals surface area contributed by atoms with Crippen LogP contribution in [0.1, 0.15) is 26.5 Å². The Morgan fingerprint density at radius 2 is 1.81 bits per heavy atom. The molecule has 0 aliphatic rings. The zero-order valence-corrected chi connectivity index (χ0v) is 16.7. The highest BCUT2D eigenvalue weighted by Gasteiger charge is 2.17. The van der Waals surface area contributed by atoms with Gasteiger partial charge in [-0.15, -0.1) is 0 Å². The molecule has 0 aliphatic carbocycles. The van der Waals surface area contributed by atoms with Crippen LogP contribution in [0.25, 0.3) is 6.08 Å². The molecule has 10 heteroatoms. The predicted molar refractivity (Wildman–Crippen MR) is 114 cm³/mol. The van der Waals surface area contributed by atoms with Crippen LogP contribution < -0.4 is 10.6 Å². The molecule has 0 spiro atoms. The van der Waals surface area contributed by atoms with Gasteiger partial charge in [0.25, 0.3) is 17.5 Å². The maximum Gasteiger partial charge on any atom is 0.337 e. The van der Waals surface area contributed by atoms with E-state index >= 15 is 0 Å². The highest BCUT2D eigenvalue weighted by molar-refractivity contribution is 6.10. The first-order chi connectivity index (χ1) is 15.4. The molecule has 2 amide bonds. The largest absolute Gasteiger partial charge is 0.465 e. The van der Waals surface area contributed by atoms with Crippen molar-refractivity contribution in [2.24, 2.45) is 0 Å². The van der Waals surface area contributed by atoms with Gasteiger partial charge in [-0.25, -0.2) is 4.79 Å². The summed E-state index contributed by atoms with van der Waals surface area (Å²) in [6.07, 6.45) is 2.66. The minimum atomic E-state index is -0.690. The number of benzene rings is 2. The van der Waals surface area contributed by atoms with Crippen LogP contribution >= 0.6 is 0 Å². The molecule has 0 unspecified atom stereocenters. The number of nitrogens with zero attached hydrogens (tertiary/aromatic N) is 1. The fourth-order valence-corrected chi connectivity index (χ4v) is 2.65. The summed E-state index contributed by atoms with van der Waals surface area (Å²) >= 11 is 0. The van der Waals surface area contributed by atoms with Crippen molar-refractivity contribution in [3.8, 4) is 0 Å². The van der Waals surface area contributed by atoms with E-state index in [9.17, 15) is 24.5 Å². The molecule has 0 fully saturated rings. The van der Waals surface area contributed by atoms with Gasteiger partial charge < -0.3 is 19.8 Å². The number of nitro groups is 1. The normalized spacial score (nSPS) is 10.8. The van der Waals surface area contributed by atoms with E-state index in [0.717, 1.165) is 0 Å². The molecule has 2 N–H and O–H groups in total. The number of amides is 2. The van der Waals surface area contributed by atoms with Crippen LogP contribution in [0.3, 0.4) is 0 Å². The molecule has 0 saturated heterocycles. The lowest BCUT2D eigenvalue weighted by atomic mass is 10.1. The lowest BCUT2D eigenvalue weighted by molar-refractivity contribution is -0.384. The van der Waals surface area contributed by atoms with Crippen LogP contribution in [0.2, 0.25) is 0 Å². The number of esters is 1. The summed E-state index contributed by atoms with van der Waals surface area (Å²) in [5, 5.41) is 15.9. The summed E-state index contributed by atoms with van der Waals surface area (Å²) < 4.78 is 9.71. The number of rotatable bonds is 7. The van der Waals surface area contributed by atoms with E-state index in [1.165, 1.54) is 68.0 Å². The molecular formula is C22H17N3O7. The number of methoxy groups -OCH3 is 1. The second kappa shape index (κ2) is 9.85. The smallest absolute Gasteiger partial charge is 0.337 e. The van der Waals surface area contributed by atoms with Crippen molar-refractivity contribution in [1.82, 2.24) is 5.32 Å². The lowest BCUT2D eigenvalue weighted by Gasteiger charge is -2.11. The van der Waals surface area contributed by atoms with Crippen molar-refractivity contribution < 1.29 is 28.5 Å². The molecule has 0 bridgehead atoms. The number of nitrogens with one attached hydrogen (secondary N) is 2. The first kappa shape index (κ1) is 22.0. The quantitative estimate of drug-likeness (QED) is 0.251. The second-order valence-corrected chi connectivity index (χ2v) is 6.36. The maximum atomic E-state index is 12.9. The van der Waals surface area contributed by atoms with Crippen molar-refractivity contribution in [1.29, 1.82) is 0 Å². The molecule has 2 aromatic carbocycles. The monoisotopic (exact) mass is 435 g/mol. The van der Waals surface area contributed by atoms with E-state index in [-0.39, 0.29) is 22.7 Å². The first-order valence-corrected chi connectivity index (χ1v) is 9.18. The summed E-state index contributed by atoms with van der Waals surface area (Å²) in [5.41, 5.74) is 0.686. The third-order valence-electron chi connectivity index (χ3n) is 4.19. The van der Waals surface area contributed by atoms with Crippen molar-refractivity contribution in [2.45, 2.75) is 0 Å². The van der Waals surface area contributed by atoms with Crippen molar-refractivity contribution in [3.05, 3.63) is 99.6 Å². The Hall–Kier alpha value is -4.73. The standard InChI is InChI=1S/C22H17N3O7/c1-31-22(28)15-4-2-5-16(13-15)23-20(26)18(24-21(27)19-6-3-11-32-19)12-14-7-9-17(10-8-14)25(29)30/h2-13H,1H3,(H,23,26)(H,24,27)/b18-12-. The van der Waals surface area contributed by atoms with Crippen molar-refractivity contribution >= 4 is 35.2 Å². The number of hydrogen-bond donors (Lipinski definition) is 2. The van der Waals surface area contributed by atoms with E-state index in [1.54, 1.807) is 12.1 Å². The Bertz CT molecular complexity index is 1180. The maximum absolute atomic E-state index is 12.9. The van der Waals surface area contributed by atoms with Crippen molar-refractivity contribution in [2.75, 3.05) is 12.4 Å². The molecule has 32 heavy (non-hydrogen) atoms. The van der Waals surface area contributed by atoms with Gasteiger partial charge in [0.2, 0.25) is 0 Å². The Morgan fingerprint density at radius 1 is 1.06 bits per heavy atom. The minimum Gasteiger partial charge on any atom is -0.465 e. The van der Waals surface area contributed by atoms with E-state index in [4.69, 9.17) is 4.42 Å². The number of carbonyl (C=O) groups excluding carboxylic acids is 3. The van der Waals surface area contributed by atoms with E-state index in [2.05, 4.69) is 15.4 Å². The summed E-state index contributed by atoms with van der Waals surface area (Å²) in [5.74, 6) is -1.94. The van der Waals surface area contributed by atoms with Gasteiger partial charge in [0.1, 0.15) is 5.70 Å². The number of ether oxygens (including phenoxy) is 1. The second-order valence-electron chi connectivity index (χ2n) is 6.36. The number of hydrogen-bond acceptors (Lipinski definition) is 7. The van der Waals surface area contributed by atoms with Gasteiger partial charge >= 0.3 is 5.97 Å². The van der Waals surface area contributed by atoms with Gasteiger partial charge in [0.05, 0.1) is 23.9 Å². The molecule has 0 atom stereocenters. The molecule has 162 valence electrons. The molecule has 0 aliphatic heterocycles. The Labute approximate surface area is 181 Å². The fraction of sp³-hybridized carbons (Fsp3) is 0.0455. The van der Waals surface area contributed by atoms with Gasteiger partial charge in [0.15, 0.2) is 5.76 Å². The molecule has 3 rings (SSSR count). The number of carbonyl (C=O) groups is 3. The molecular weight excluding hydrogens is 418 g/mol. The predicted octanol–water partition coefficient (Wildman–Crippen LogP) is 3.38. The summed E-state index contributed by atoms with van der Waals surface area (Å²) in [4.78, 5) is 47.3.